The molecule has 2 atom stereocenters. The van der Waals surface area contributed by atoms with Crippen LogP contribution in [0.3, 0.4) is 0 Å². The van der Waals surface area contributed by atoms with Crippen molar-refractivity contribution in [2.75, 3.05) is 0 Å². The molecule has 212 valence electrons. The van der Waals surface area contributed by atoms with E-state index < -0.39 is 0 Å². The first kappa shape index (κ1) is 25.4. The van der Waals surface area contributed by atoms with E-state index in [-0.39, 0.29) is 0 Å². The van der Waals surface area contributed by atoms with Crippen molar-refractivity contribution in [1.29, 1.82) is 0 Å². The maximum atomic E-state index is 2.50. The van der Waals surface area contributed by atoms with E-state index in [0.717, 1.165) is 0 Å². The Labute approximate surface area is 257 Å². The summed E-state index contributed by atoms with van der Waals surface area (Å²) in [5, 5.41) is 5.39. The van der Waals surface area contributed by atoms with Gasteiger partial charge in [0.05, 0.1) is 22.1 Å². The van der Waals surface area contributed by atoms with Crippen molar-refractivity contribution < 1.29 is 0 Å². The minimum Gasteiger partial charge on any atom is -0.309 e. The zero-order valence-electron chi connectivity index (χ0n) is 24.7. The van der Waals surface area contributed by atoms with E-state index in [9.17, 15) is 0 Å². The average Bonchev–Trinajstić information content (AvgIpc) is 3.61. The van der Waals surface area contributed by atoms with Crippen LogP contribution in [0.15, 0.2) is 146 Å². The highest BCUT2D eigenvalue weighted by Gasteiger charge is 2.26. The van der Waals surface area contributed by atoms with Crippen molar-refractivity contribution in [3.05, 3.63) is 157 Å². The average molecular weight is 567 g/mol. The number of aromatic nitrogens is 2. The summed E-state index contributed by atoms with van der Waals surface area (Å²) in [6, 6.07) is 53.8. The van der Waals surface area contributed by atoms with Crippen LogP contribution in [-0.2, 0) is 0 Å². The second-order valence-corrected chi connectivity index (χ2v) is 12.5. The molecule has 1 aliphatic rings. The van der Waals surface area contributed by atoms with Crippen molar-refractivity contribution in [3.8, 4) is 11.4 Å². The highest BCUT2D eigenvalue weighted by Crippen LogP contribution is 2.44. The van der Waals surface area contributed by atoms with Crippen molar-refractivity contribution in [2.24, 2.45) is 0 Å². The molecule has 0 amide bonds. The van der Waals surface area contributed by atoms with Crippen LogP contribution < -0.4 is 0 Å². The molecule has 0 N–H and O–H groups in total. The van der Waals surface area contributed by atoms with E-state index in [2.05, 4.69) is 155 Å². The first-order valence-corrected chi connectivity index (χ1v) is 16.0. The van der Waals surface area contributed by atoms with Crippen LogP contribution in [-0.4, -0.2) is 9.13 Å². The lowest BCUT2D eigenvalue weighted by molar-refractivity contribution is 0.394. The van der Waals surface area contributed by atoms with Crippen molar-refractivity contribution in [2.45, 2.75) is 37.5 Å². The van der Waals surface area contributed by atoms with Crippen LogP contribution in [0, 0.1) is 0 Å². The molecule has 9 rings (SSSR count). The van der Waals surface area contributed by atoms with Gasteiger partial charge in [-0.25, -0.2) is 0 Å². The van der Waals surface area contributed by atoms with Gasteiger partial charge in [-0.15, -0.1) is 0 Å². The molecule has 1 saturated carbocycles. The molecule has 0 bridgehead atoms. The highest BCUT2D eigenvalue weighted by molar-refractivity contribution is 6.10. The standard InChI is InChI=1S/C42H34N2/c1-3-14-33(15-4-1)43-39-20-9-7-18-35(39)37-27-31(22-24-41(37)43)29-12-11-13-30(26-29)32-23-25-42-38(28-32)36-19-8-10-21-40(36)44(42)34-16-5-2-6-17-34/h1-10,14-25,27-30H,11-13,26H2. The summed E-state index contributed by atoms with van der Waals surface area (Å²) in [6.45, 7) is 0. The molecule has 8 aromatic rings. The molecule has 0 radical (unpaired) electrons. The topological polar surface area (TPSA) is 9.86 Å². The molecule has 2 aromatic heterocycles. The van der Waals surface area contributed by atoms with Crippen LogP contribution in [0.25, 0.3) is 55.0 Å². The number of rotatable bonds is 4. The van der Waals surface area contributed by atoms with Gasteiger partial charge < -0.3 is 9.13 Å². The van der Waals surface area contributed by atoms with Crippen LogP contribution in [0.4, 0.5) is 0 Å². The summed E-state index contributed by atoms with van der Waals surface area (Å²) in [5.41, 5.74) is 10.5. The summed E-state index contributed by atoms with van der Waals surface area (Å²) < 4.78 is 4.83. The maximum absolute atomic E-state index is 2.50. The zero-order valence-corrected chi connectivity index (χ0v) is 24.7. The molecule has 44 heavy (non-hydrogen) atoms. The Morgan fingerprint density at radius 1 is 0.386 bits per heavy atom. The van der Waals surface area contributed by atoms with Crippen molar-refractivity contribution in [1.82, 2.24) is 9.13 Å². The molecule has 6 aromatic carbocycles. The lowest BCUT2D eigenvalue weighted by atomic mass is 9.75. The van der Waals surface area contributed by atoms with Crippen LogP contribution >= 0.6 is 0 Å². The second-order valence-electron chi connectivity index (χ2n) is 12.5. The normalized spacial score (nSPS) is 17.2. The Kier molecular flexibility index (Phi) is 5.94. The minimum absolute atomic E-state index is 0.568. The number of nitrogens with zero attached hydrogens (tertiary/aromatic N) is 2. The molecule has 1 aliphatic carbocycles. The van der Waals surface area contributed by atoms with Crippen molar-refractivity contribution >= 4 is 43.6 Å². The fourth-order valence-electron chi connectivity index (χ4n) is 7.99. The van der Waals surface area contributed by atoms with Gasteiger partial charge in [0, 0.05) is 32.9 Å². The van der Waals surface area contributed by atoms with Gasteiger partial charge in [0.25, 0.3) is 0 Å². The molecular formula is C42H34N2. The van der Waals surface area contributed by atoms with E-state index in [4.69, 9.17) is 0 Å². The Balaban J connectivity index is 1.10. The predicted octanol–water partition coefficient (Wildman–Crippen LogP) is 11.3. The molecule has 0 spiro atoms. The molecule has 1 fully saturated rings. The number of fused-ring (bicyclic) bond motifs is 6. The first-order chi connectivity index (χ1) is 21.8. The van der Waals surface area contributed by atoms with Crippen LogP contribution in [0.5, 0.6) is 0 Å². The molecule has 0 aliphatic heterocycles. The zero-order chi connectivity index (χ0) is 29.0. The molecule has 2 heteroatoms. The summed E-state index contributed by atoms with van der Waals surface area (Å²) in [7, 11) is 0. The van der Waals surface area contributed by atoms with Gasteiger partial charge in [-0.1, -0.05) is 91.3 Å². The largest absolute Gasteiger partial charge is 0.309 e. The first-order valence-electron chi connectivity index (χ1n) is 16.0. The van der Waals surface area contributed by atoms with E-state index in [1.165, 1.54) is 91.8 Å². The summed E-state index contributed by atoms with van der Waals surface area (Å²) in [4.78, 5) is 0. The second kappa shape index (κ2) is 10.3. The lowest BCUT2D eigenvalue weighted by Crippen LogP contribution is -2.13. The molecular weight excluding hydrogens is 532 g/mol. The fourth-order valence-corrected chi connectivity index (χ4v) is 7.99. The van der Waals surface area contributed by atoms with Gasteiger partial charge >= 0.3 is 0 Å². The van der Waals surface area contributed by atoms with Crippen molar-refractivity contribution in [3.63, 3.8) is 0 Å². The number of hydrogen-bond acceptors (Lipinski definition) is 0. The van der Waals surface area contributed by atoms with Gasteiger partial charge in [0.2, 0.25) is 0 Å². The smallest absolute Gasteiger partial charge is 0.0541 e. The van der Waals surface area contributed by atoms with E-state index in [1.807, 2.05) is 0 Å². The minimum atomic E-state index is 0.568. The van der Waals surface area contributed by atoms with Gasteiger partial charge in [0.15, 0.2) is 0 Å². The fraction of sp³-hybridized carbons (Fsp3) is 0.143. The Morgan fingerprint density at radius 2 is 0.795 bits per heavy atom. The number of benzene rings is 6. The summed E-state index contributed by atoms with van der Waals surface area (Å²) in [5.74, 6) is 1.14. The summed E-state index contributed by atoms with van der Waals surface area (Å²) >= 11 is 0. The Hall–Kier alpha value is -5.08. The van der Waals surface area contributed by atoms with E-state index in [1.54, 1.807) is 0 Å². The van der Waals surface area contributed by atoms with Gasteiger partial charge in [-0.05, 0) is 103 Å². The SMILES string of the molecule is c1ccc(-n2c3ccccc3c3cc(C4CCCC(c5ccc6c(c5)c5ccccc5n6-c5ccccc5)C4)ccc32)cc1. The Morgan fingerprint density at radius 3 is 1.27 bits per heavy atom. The van der Waals surface area contributed by atoms with Gasteiger partial charge in [0.1, 0.15) is 0 Å². The molecule has 2 heterocycles. The monoisotopic (exact) mass is 566 g/mol. The predicted molar refractivity (Wildman–Crippen MR) is 186 cm³/mol. The highest BCUT2D eigenvalue weighted by atomic mass is 15.0. The van der Waals surface area contributed by atoms with E-state index in [0.29, 0.717) is 11.8 Å². The summed E-state index contributed by atoms with van der Waals surface area (Å²) in [6.07, 6.45) is 4.98. The quantitative estimate of drug-likeness (QED) is 0.200. The lowest BCUT2D eigenvalue weighted by Gasteiger charge is -2.30. The third kappa shape index (κ3) is 4.02. The van der Waals surface area contributed by atoms with Crippen LogP contribution in [0.1, 0.15) is 48.6 Å². The maximum Gasteiger partial charge on any atom is 0.0541 e. The van der Waals surface area contributed by atoms with Gasteiger partial charge in [-0.3, -0.25) is 0 Å². The van der Waals surface area contributed by atoms with Gasteiger partial charge in [-0.2, -0.15) is 0 Å². The number of para-hydroxylation sites is 4. The Bertz CT molecular complexity index is 2120. The van der Waals surface area contributed by atoms with E-state index >= 15 is 0 Å². The molecule has 2 unspecified atom stereocenters. The molecule has 0 saturated heterocycles. The third-order valence-electron chi connectivity index (χ3n) is 10.0. The molecule has 2 nitrogen and oxygen atoms in total. The number of hydrogen-bond donors (Lipinski definition) is 0. The van der Waals surface area contributed by atoms with Crippen LogP contribution in [0.2, 0.25) is 0 Å². The third-order valence-corrected chi connectivity index (χ3v) is 10.0.